The summed E-state index contributed by atoms with van der Waals surface area (Å²) >= 11 is 0. The highest BCUT2D eigenvalue weighted by Crippen LogP contribution is 2.25. The Morgan fingerprint density at radius 1 is 1.13 bits per heavy atom. The van der Waals surface area contributed by atoms with E-state index in [1.165, 1.54) is 19.3 Å². The zero-order valence-electron chi connectivity index (χ0n) is 8.98. The molecule has 2 nitrogen and oxygen atoms in total. The lowest BCUT2D eigenvalue weighted by Crippen LogP contribution is -2.20. The highest BCUT2D eigenvalue weighted by atomic mass is 16.5. The number of hydrogen-bond donors (Lipinski definition) is 1. The first-order chi connectivity index (χ1) is 7.40. The lowest BCUT2D eigenvalue weighted by atomic mass is 9.98. The Kier molecular flexibility index (Phi) is 3.62. The van der Waals surface area contributed by atoms with Gasteiger partial charge < -0.3 is 9.84 Å². The predicted molar refractivity (Wildman–Crippen MR) is 59.9 cm³/mol. The first-order valence-electron chi connectivity index (χ1n) is 5.75. The highest BCUT2D eigenvalue weighted by Gasteiger charge is 2.15. The Balaban J connectivity index is 2.02. The smallest absolute Gasteiger partial charge is 0.125 e. The van der Waals surface area contributed by atoms with Crippen molar-refractivity contribution in [1.82, 2.24) is 0 Å². The van der Waals surface area contributed by atoms with E-state index in [9.17, 15) is 0 Å². The van der Waals surface area contributed by atoms with Crippen LogP contribution in [0.2, 0.25) is 0 Å². The van der Waals surface area contributed by atoms with Crippen LogP contribution in [-0.4, -0.2) is 11.2 Å². The van der Waals surface area contributed by atoms with Gasteiger partial charge in [0, 0.05) is 5.56 Å². The van der Waals surface area contributed by atoms with Crippen LogP contribution in [0.3, 0.4) is 0 Å². The fourth-order valence-corrected chi connectivity index (χ4v) is 2.11. The van der Waals surface area contributed by atoms with Crippen LogP contribution in [0.5, 0.6) is 5.75 Å². The molecule has 1 aliphatic rings. The van der Waals surface area contributed by atoms with Crippen molar-refractivity contribution in [2.24, 2.45) is 0 Å². The Morgan fingerprint density at radius 2 is 1.87 bits per heavy atom. The first kappa shape index (κ1) is 10.5. The van der Waals surface area contributed by atoms with E-state index in [2.05, 4.69) is 0 Å². The van der Waals surface area contributed by atoms with Gasteiger partial charge in [0.25, 0.3) is 0 Å². The third-order valence-electron chi connectivity index (χ3n) is 2.99. The number of rotatable bonds is 3. The van der Waals surface area contributed by atoms with Crippen LogP contribution in [0.1, 0.15) is 37.7 Å². The minimum Gasteiger partial charge on any atom is -0.490 e. The third-order valence-corrected chi connectivity index (χ3v) is 2.99. The van der Waals surface area contributed by atoms with Gasteiger partial charge in [-0.15, -0.1) is 0 Å². The molecule has 0 atom stereocenters. The van der Waals surface area contributed by atoms with Crippen LogP contribution in [-0.2, 0) is 6.61 Å². The summed E-state index contributed by atoms with van der Waals surface area (Å²) in [5, 5.41) is 9.17. The average molecular weight is 206 g/mol. The van der Waals surface area contributed by atoms with Crippen LogP contribution < -0.4 is 4.74 Å². The molecule has 2 heteroatoms. The molecule has 0 spiro atoms. The van der Waals surface area contributed by atoms with Crippen molar-refractivity contribution in [3.05, 3.63) is 29.8 Å². The van der Waals surface area contributed by atoms with E-state index < -0.39 is 0 Å². The van der Waals surface area contributed by atoms with Gasteiger partial charge in [-0.3, -0.25) is 0 Å². The molecule has 2 rings (SSSR count). The fraction of sp³-hybridized carbons (Fsp3) is 0.538. The molecule has 1 saturated carbocycles. The number of para-hydroxylation sites is 1. The van der Waals surface area contributed by atoms with Crippen molar-refractivity contribution in [2.45, 2.75) is 44.8 Å². The zero-order chi connectivity index (χ0) is 10.5. The van der Waals surface area contributed by atoms with Crippen molar-refractivity contribution in [1.29, 1.82) is 0 Å². The Morgan fingerprint density at radius 3 is 2.60 bits per heavy atom. The number of ether oxygens (including phenoxy) is 1. The topological polar surface area (TPSA) is 29.5 Å². The molecule has 1 aliphatic carbocycles. The molecule has 0 amide bonds. The SMILES string of the molecule is OCc1ccccc1OC1CCCCC1. The maximum atomic E-state index is 9.17. The molecule has 0 heterocycles. The molecule has 1 fully saturated rings. The molecule has 0 bridgehead atoms. The second-order valence-corrected chi connectivity index (χ2v) is 4.14. The summed E-state index contributed by atoms with van der Waals surface area (Å²) in [6.45, 7) is 0.0584. The van der Waals surface area contributed by atoms with Gasteiger partial charge in [0.2, 0.25) is 0 Å². The van der Waals surface area contributed by atoms with E-state index in [1.54, 1.807) is 0 Å². The molecule has 0 saturated heterocycles. The Bertz CT molecular complexity index is 303. The number of hydrogen-bond acceptors (Lipinski definition) is 2. The minimum absolute atomic E-state index is 0.0584. The van der Waals surface area contributed by atoms with E-state index in [-0.39, 0.29) is 6.61 Å². The van der Waals surface area contributed by atoms with E-state index in [4.69, 9.17) is 9.84 Å². The van der Waals surface area contributed by atoms with Gasteiger partial charge in [-0.2, -0.15) is 0 Å². The summed E-state index contributed by atoms with van der Waals surface area (Å²) in [5.41, 5.74) is 0.892. The second-order valence-electron chi connectivity index (χ2n) is 4.14. The summed E-state index contributed by atoms with van der Waals surface area (Å²) in [6, 6.07) is 7.74. The van der Waals surface area contributed by atoms with Crippen LogP contribution in [0.15, 0.2) is 24.3 Å². The summed E-state index contributed by atoms with van der Waals surface area (Å²) in [7, 11) is 0. The summed E-state index contributed by atoms with van der Waals surface area (Å²) in [6.07, 6.45) is 6.53. The Labute approximate surface area is 90.9 Å². The zero-order valence-corrected chi connectivity index (χ0v) is 8.98. The molecule has 0 radical (unpaired) electrons. The molecule has 0 aromatic heterocycles. The van der Waals surface area contributed by atoms with E-state index in [0.29, 0.717) is 6.10 Å². The first-order valence-corrected chi connectivity index (χ1v) is 5.75. The summed E-state index contributed by atoms with van der Waals surface area (Å²) in [5.74, 6) is 0.854. The standard InChI is InChI=1S/C13H18O2/c14-10-11-6-4-5-9-13(11)15-12-7-2-1-3-8-12/h4-6,9,12,14H,1-3,7-8,10H2. The average Bonchev–Trinajstić information content (AvgIpc) is 2.31. The van der Waals surface area contributed by atoms with Crippen LogP contribution in [0.4, 0.5) is 0 Å². The quantitative estimate of drug-likeness (QED) is 0.824. The second kappa shape index (κ2) is 5.17. The van der Waals surface area contributed by atoms with Gasteiger partial charge in [-0.1, -0.05) is 24.6 Å². The molecular weight excluding hydrogens is 188 g/mol. The van der Waals surface area contributed by atoms with Gasteiger partial charge in [-0.25, -0.2) is 0 Å². The normalized spacial score (nSPS) is 17.7. The maximum absolute atomic E-state index is 9.17. The number of aliphatic hydroxyl groups is 1. The largest absolute Gasteiger partial charge is 0.490 e. The van der Waals surface area contributed by atoms with Crippen LogP contribution in [0.25, 0.3) is 0 Å². The Hall–Kier alpha value is -1.02. The highest BCUT2D eigenvalue weighted by molar-refractivity contribution is 5.32. The third kappa shape index (κ3) is 2.72. The van der Waals surface area contributed by atoms with E-state index in [0.717, 1.165) is 24.2 Å². The van der Waals surface area contributed by atoms with Gasteiger partial charge in [0.05, 0.1) is 12.7 Å². The van der Waals surface area contributed by atoms with E-state index in [1.807, 2.05) is 24.3 Å². The molecule has 15 heavy (non-hydrogen) atoms. The molecular formula is C13H18O2. The van der Waals surface area contributed by atoms with Crippen molar-refractivity contribution < 1.29 is 9.84 Å². The molecule has 1 aromatic rings. The monoisotopic (exact) mass is 206 g/mol. The predicted octanol–water partition coefficient (Wildman–Crippen LogP) is 2.89. The van der Waals surface area contributed by atoms with Crippen LogP contribution in [0, 0.1) is 0 Å². The fourth-order valence-electron chi connectivity index (χ4n) is 2.11. The lowest BCUT2D eigenvalue weighted by Gasteiger charge is -2.24. The summed E-state index contributed by atoms with van der Waals surface area (Å²) in [4.78, 5) is 0. The van der Waals surface area contributed by atoms with Gasteiger partial charge in [0.15, 0.2) is 0 Å². The maximum Gasteiger partial charge on any atom is 0.125 e. The molecule has 0 aliphatic heterocycles. The molecule has 82 valence electrons. The van der Waals surface area contributed by atoms with E-state index >= 15 is 0 Å². The van der Waals surface area contributed by atoms with Crippen molar-refractivity contribution in [3.8, 4) is 5.75 Å². The van der Waals surface area contributed by atoms with Crippen molar-refractivity contribution >= 4 is 0 Å². The molecule has 0 unspecified atom stereocenters. The van der Waals surface area contributed by atoms with Crippen molar-refractivity contribution in [3.63, 3.8) is 0 Å². The van der Waals surface area contributed by atoms with Gasteiger partial charge in [-0.05, 0) is 31.7 Å². The van der Waals surface area contributed by atoms with Gasteiger partial charge in [0.1, 0.15) is 5.75 Å². The molecule has 1 N–H and O–H groups in total. The minimum atomic E-state index is 0.0584. The number of aliphatic hydroxyl groups excluding tert-OH is 1. The van der Waals surface area contributed by atoms with Crippen LogP contribution >= 0.6 is 0 Å². The summed E-state index contributed by atoms with van der Waals surface area (Å²) < 4.78 is 5.92. The van der Waals surface area contributed by atoms with Crippen molar-refractivity contribution in [2.75, 3.05) is 0 Å². The lowest BCUT2D eigenvalue weighted by molar-refractivity contribution is 0.150. The number of benzene rings is 1. The van der Waals surface area contributed by atoms with Gasteiger partial charge >= 0.3 is 0 Å². The molecule has 1 aromatic carbocycles.